The number of hydrogen-bond donors (Lipinski definition) is 1. The van der Waals surface area contributed by atoms with Gasteiger partial charge in [-0.3, -0.25) is 9.69 Å². The molecule has 6 heteroatoms. The van der Waals surface area contributed by atoms with Crippen LogP contribution in [-0.2, 0) is 11.2 Å². The van der Waals surface area contributed by atoms with Gasteiger partial charge in [0.2, 0.25) is 5.91 Å². The molecular weight excluding hydrogens is 338 g/mol. The Morgan fingerprint density at radius 2 is 2.00 bits per heavy atom. The summed E-state index contributed by atoms with van der Waals surface area (Å²) in [6.07, 6.45) is 3.90. The molecule has 1 aromatic heterocycles. The Labute approximate surface area is 153 Å². The number of carbonyl (C=O) groups excluding carboxylic acids is 1. The third-order valence-electron chi connectivity index (χ3n) is 4.59. The second-order valence-electron chi connectivity index (χ2n) is 6.58. The largest absolute Gasteiger partial charge is 0.361 e. The molecule has 0 unspecified atom stereocenters. The Bertz CT molecular complexity index is 693. The minimum absolute atomic E-state index is 0.0490. The van der Waals surface area contributed by atoms with Gasteiger partial charge in [0.15, 0.2) is 0 Å². The van der Waals surface area contributed by atoms with Crippen molar-refractivity contribution in [1.82, 2.24) is 15.4 Å². The smallest absolute Gasteiger partial charge is 0.227 e. The van der Waals surface area contributed by atoms with Crippen molar-refractivity contribution in [2.45, 2.75) is 38.6 Å². The lowest BCUT2D eigenvalue weighted by molar-refractivity contribution is -0.121. The Kier molecular flexibility index (Phi) is 6.10. The van der Waals surface area contributed by atoms with E-state index in [1.807, 2.05) is 31.2 Å². The lowest BCUT2D eigenvalue weighted by atomic mass is 10.0. The van der Waals surface area contributed by atoms with Crippen molar-refractivity contribution in [3.05, 3.63) is 52.4 Å². The van der Waals surface area contributed by atoms with Crippen molar-refractivity contribution in [3.8, 4) is 0 Å². The number of carbonyl (C=O) groups is 1. The van der Waals surface area contributed by atoms with Crippen molar-refractivity contribution < 1.29 is 9.32 Å². The number of aryl methyl sites for hydroxylation is 1. The Morgan fingerprint density at radius 3 is 2.64 bits per heavy atom. The number of amides is 1. The molecule has 1 aliphatic heterocycles. The number of nitrogens with one attached hydrogen (secondary N) is 1. The highest BCUT2D eigenvalue weighted by Gasteiger charge is 2.23. The van der Waals surface area contributed by atoms with Crippen molar-refractivity contribution in [2.75, 3.05) is 19.6 Å². The van der Waals surface area contributed by atoms with E-state index in [2.05, 4.69) is 15.4 Å². The molecule has 0 bridgehead atoms. The Morgan fingerprint density at radius 1 is 1.28 bits per heavy atom. The van der Waals surface area contributed by atoms with E-state index in [9.17, 15) is 4.79 Å². The highest BCUT2D eigenvalue weighted by Crippen LogP contribution is 2.25. The average molecular weight is 362 g/mol. The predicted molar refractivity (Wildman–Crippen MR) is 97.6 cm³/mol. The van der Waals surface area contributed by atoms with Gasteiger partial charge in [-0.1, -0.05) is 35.3 Å². The summed E-state index contributed by atoms with van der Waals surface area (Å²) in [6, 6.07) is 9.88. The van der Waals surface area contributed by atoms with Gasteiger partial charge >= 0.3 is 0 Å². The first kappa shape index (κ1) is 18.0. The van der Waals surface area contributed by atoms with Crippen LogP contribution in [0.2, 0.25) is 5.02 Å². The molecule has 25 heavy (non-hydrogen) atoms. The molecule has 0 spiro atoms. The zero-order chi connectivity index (χ0) is 17.6. The summed E-state index contributed by atoms with van der Waals surface area (Å²) in [6.45, 7) is 4.54. The molecule has 1 N–H and O–H groups in total. The molecule has 2 heterocycles. The number of benzene rings is 1. The normalized spacial score (nSPS) is 16.6. The summed E-state index contributed by atoms with van der Waals surface area (Å²) in [4.78, 5) is 14.7. The number of halogens is 1. The number of aromatic nitrogens is 1. The first-order valence-corrected chi connectivity index (χ1v) is 9.18. The first-order chi connectivity index (χ1) is 12.1. The maximum Gasteiger partial charge on any atom is 0.227 e. The Balaban J connectivity index is 1.64. The standard InChI is InChI=1S/C19H24ClN3O2/c1-14-11-17(25-22-14)12-19(24)21-13-18(23-9-3-2-4-10-23)15-5-7-16(20)8-6-15/h5-8,11,18H,2-4,9-10,12-13H2,1H3,(H,21,24)/t18-/m0/s1. The monoisotopic (exact) mass is 361 g/mol. The third kappa shape index (κ3) is 5.06. The topological polar surface area (TPSA) is 58.4 Å². The number of piperidine rings is 1. The average Bonchev–Trinajstić information content (AvgIpc) is 3.02. The van der Waals surface area contributed by atoms with E-state index >= 15 is 0 Å². The molecule has 1 atom stereocenters. The quantitative estimate of drug-likeness (QED) is 0.855. The zero-order valence-corrected chi connectivity index (χ0v) is 15.3. The number of nitrogens with zero attached hydrogens (tertiary/aromatic N) is 2. The summed E-state index contributed by atoms with van der Waals surface area (Å²) >= 11 is 6.02. The second kappa shape index (κ2) is 8.50. The fourth-order valence-electron chi connectivity index (χ4n) is 3.30. The van der Waals surface area contributed by atoms with Gasteiger partial charge in [-0.05, 0) is 50.6 Å². The molecule has 3 rings (SSSR count). The molecule has 134 valence electrons. The number of rotatable bonds is 6. The SMILES string of the molecule is Cc1cc(CC(=O)NC[C@@H](c2ccc(Cl)cc2)N2CCCCC2)on1. The molecule has 2 aromatic rings. The van der Waals surface area contributed by atoms with Gasteiger partial charge in [0, 0.05) is 17.6 Å². The van der Waals surface area contributed by atoms with Crippen LogP contribution in [0.4, 0.5) is 0 Å². The first-order valence-electron chi connectivity index (χ1n) is 8.80. The van der Waals surface area contributed by atoms with E-state index in [0.29, 0.717) is 12.3 Å². The summed E-state index contributed by atoms with van der Waals surface area (Å²) in [5.41, 5.74) is 1.97. The van der Waals surface area contributed by atoms with Crippen LogP contribution in [0.3, 0.4) is 0 Å². The molecule has 5 nitrogen and oxygen atoms in total. The van der Waals surface area contributed by atoms with E-state index in [4.69, 9.17) is 16.1 Å². The molecule has 0 radical (unpaired) electrons. The van der Waals surface area contributed by atoms with Crippen LogP contribution >= 0.6 is 11.6 Å². The van der Waals surface area contributed by atoms with Gasteiger partial charge in [-0.15, -0.1) is 0 Å². The fraction of sp³-hybridized carbons (Fsp3) is 0.474. The van der Waals surface area contributed by atoms with Gasteiger partial charge in [0.25, 0.3) is 0 Å². The van der Waals surface area contributed by atoms with Crippen LogP contribution in [0.15, 0.2) is 34.9 Å². The van der Waals surface area contributed by atoms with Crippen LogP contribution in [0, 0.1) is 6.92 Å². The summed E-state index contributed by atoms with van der Waals surface area (Å²) in [5.74, 6) is 0.545. The lowest BCUT2D eigenvalue weighted by Gasteiger charge is -2.35. The van der Waals surface area contributed by atoms with Crippen molar-refractivity contribution in [3.63, 3.8) is 0 Å². The van der Waals surface area contributed by atoms with E-state index in [-0.39, 0.29) is 18.4 Å². The van der Waals surface area contributed by atoms with Crippen molar-refractivity contribution in [1.29, 1.82) is 0 Å². The van der Waals surface area contributed by atoms with E-state index in [1.165, 1.54) is 24.8 Å². The highest BCUT2D eigenvalue weighted by atomic mass is 35.5. The maximum absolute atomic E-state index is 12.3. The highest BCUT2D eigenvalue weighted by molar-refractivity contribution is 6.30. The molecule has 1 aromatic carbocycles. The minimum atomic E-state index is -0.0490. The number of likely N-dealkylation sites (tertiary alicyclic amines) is 1. The molecular formula is C19H24ClN3O2. The lowest BCUT2D eigenvalue weighted by Crippen LogP contribution is -2.41. The van der Waals surface area contributed by atoms with Gasteiger partial charge in [-0.2, -0.15) is 0 Å². The maximum atomic E-state index is 12.3. The summed E-state index contributed by atoms with van der Waals surface area (Å²) < 4.78 is 5.12. The van der Waals surface area contributed by atoms with Crippen molar-refractivity contribution >= 4 is 17.5 Å². The fourth-order valence-corrected chi connectivity index (χ4v) is 3.43. The van der Waals surface area contributed by atoms with Crippen LogP contribution in [0.25, 0.3) is 0 Å². The van der Waals surface area contributed by atoms with Crippen molar-refractivity contribution in [2.24, 2.45) is 0 Å². The minimum Gasteiger partial charge on any atom is -0.361 e. The Hall–Kier alpha value is -1.85. The van der Waals surface area contributed by atoms with Gasteiger partial charge in [-0.25, -0.2) is 0 Å². The second-order valence-corrected chi connectivity index (χ2v) is 7.02. The van der Waals surface area contributed by atoms with E-state index in [0.717, 1.165) is 23.8 Å². The van der Waals surface area contributed by atoms with Crippen LogP contribution < -0.4 is 5.32 Å². The summed E-state index contributed by atoms with van der Waals surface area (Å²) in [5, 5.41) is 7.60. The van der Waals surface area contributed by atoms with Gasteiger partial charge < -0.3 is 9.84 Å². The number of hydrogen-bond acceptors (Lipinski definition) is 4. The molecule has 1 fully saturated rings. The van der Waals surface area contributed by atoms with Gasteiger partial charge in [0.05, 0.1) is 18.2 Å². The van der Waals surface area contributed by atoms with E-state index in [1.54, 1.807) is 6.07 Å². The van der Waals surface area contributed by atoms with Gasteiger partial charge in [0.1, 0.15) is 5.76 Å². The van der Waals surface area contributed by atoms with Crippen LogP contribution in [0.1, 0.15) is 42.3 Å². The predicted octanol–water partition coefficient (Wildman–Crippen LogP) is 3.52. The molecule has 1 aliphatic rings. The third-order valence-corrected chi connectivity index (χ3v) is 4.84. The molecule has 0 aliphatic carbocycles. The molecule has 1 saturated heterocycles. The molecule has 0 saturated carbocycles. The zero-order valence-electron chi connectivity index (χ0n) is 14.5. The molecule has 1 amide bonds. The van der Waals surface area contributed by atoms with Crippen LogP contribution in [-0.4, -0.2) is 35.6 Å². The summed E-state index contributed by atoms with van der Waals surface area (Å²) in [7, 11) is 0. The van der Waals surface area contributed by atoms with E-state index < -0.39 is 0 Å². The van der Waals surface area contributed by atoms with Crippen LogP contribution in [0.5, 0.6) is 0 Å².